The summed E-state index contributed by atoms with van der Waals surface area (Å²) in [7, 11) is 0. The number of thiophene rings is 1. The minimum Gasteiger partial charge on any atom is -0.309 e. The zero-order valence-electron chi connectivity index (χ0n) is 31.7. The molecule has 0 bridgehead atoms. The molecule has 0 unspecified atom stereocenters. The molecule has 58 heavy (non-hydrogen) atoms. The third-order valence-electron chi connectivity index (χ3n) is 11.4. The molecule has 11 aromatic rings. The highest BCUT2D eigenvalue weighted by Gasteiger charge is 2.19. The summed E-state index contributed by atoms with van der Waals surface area (Å²) >= 11 is 1.87. The Balaban J connectivity index is 1.04. The fourth-order valence-corrected chi connectivity index (χ4v) is 9.82. The maximum Gasteiger partial charge on any atom is 0.0640 e. The van der Waals surface area contributed by atoms with Gasteiger partial charge >= 0.3 is 0 Å². The van der Waals surface area contributed by atoms with E-state index >= 15 is 0 Å². The monoisotopic (exact) mass is 755 g/mol. The topological polar surface area (TPSA) is 3.24 Å². The molecular formula is C56H37NS. The first kappa shape index (κ1) is 34.0. The van der Waals surface area contributed by atoms with E-state index in [2.05, 4.69) is 229 Å². The van der Waals surface area contributed by atoms with Crippen molar-refractivity contribution in [2.75, 3.05) is 4.90 Å². The minimum atomic E-state index is 1.11. The standard InChI is InChI=1S/C56H37NS/c1-3-14-40(15-4-1)52-36-44(34-42-18-7-9-20-48(42)52)38-26-30-46(31-27-38)57(54-24-13-23-51-50-22-11-12-25-55(50)58-56(51)54)47-32-28-39(29-33-47)45-35-43-19-8-10-21-49(43)53(37-45)41-16-5-2-6-17-41/h1-37H. The van der Waals surface area contributed by atoms with Gasteiger partial charge in [0.1, 0.15) is 0 Å². The average Bonchev–Trinajstić information content (AvgIpc) is 3.69. The summed E-state index contributed by atoms with van der Waals surface area (Å²) in [5, 5.41) is 7.59. The van der Waals surface area contributed by atoms with Crippen molar-refractivity contribution in [2.45, 2.75) is 0 Å². The van der Waals surface area contributed by atoms with Crippen molar-refractivity contribution in [1.82, 2.24) is 0 Å². The summed E-state index contributed by atoms with van der Waals surface area (Å²) in [6, 6.07) is 81.9. The van der Waals surface area contributed by atoms with Gasteiger partial charge in [0.2, 0.25) is 0 Å². The quantitative estimate of drug-likeness (QED) is 0.157. The fourth-order valence-electron chi connectivity index (χ4n) is 8.61. The van der Waals surface area contributed by atoms with Crippen LogP contribution in [0.4, 0.5) is 17.1 Å². The van der Waals surface area contributed by atoms with E-state index in [1.807, 2.05) is 11.3 Å². The van der Waals surface area contributed by atoms with Crippen LogP contribution in [0, 0.1) is 0 Å². The number of fused-ring (bicyclic) bond motifs is 5. The molecule has 0 atom stereocenters. The summed E-state index contributed by atoms with van der Waals surface area (Å²) in [5.41, 5.74) is 13.1. The van der Waals surface area contributed by atoms with Crippen molar-refractivity contribution in [3.63, 3.8) is 0 Å². The molecule has 2 heteroatoms. The molecule has 0 aliphatic heterocycles. The highest BCUT2D eigenvalue weighted by atomic mass is 32.1. The Labute approximate surface area is 342 Å². The summed E-state index contributed by atoms with van der Waals surface area (Å²) in [6.45, 7) is 0. The van der Waals surface area contributed by atoms with Gasteiger partial charge in [0.25, 0.3) is 0 Å². The van der Waals surface area contributed by atoms with Gasteiger partial charge in [-0.1, -0.05) is 164 Å². The molecule has 0 N–H and O–H groups in total. The minimum absolute atomic E-state index is 1.11. The molecule has 0 spiro atoms. The third kappa shape index (κ3) is 6.03. The van der Waals surface area contributed by atoms with Gasteiger partial charge in [0.15, 0.2) is 0 Å². The number of rotatable bonds is 7. The van der Waals surface area contributed by atoms with Crippen LogP contribution in [0.3, 0.4) is 0 Å². The Kier molecular flexibility index (Phi) is 8.42. The van der Waals surface area contributed by atoms with Crippen LogP contribution < -0.4 is 4.90 Å². The van der Waals surface area contributed by atoms with Gasteiger partial charge < -0.3 is 4.90 Å². The van der Waals surface area contributed by atoms with Gasteiger partial charge in [-0.25, -0.2) is 0 Å². The normalized spacial score (nSPS) is 11.4. The van der Waals surface area contributed by atoms with Crippen molar-refractivity contribution < 1.29 is 0 Å². The van der Waals surface area contributed by atoms with Crippen molar-refractivity contribution in [3.8, 4) is 44.5 Å². The molecule has 0 radical (unpaired) electrons. The Morgan fingerprint density at radius 2 is 0.741 bits per heavy atom. The van der Waals surface area contributed by atoms with Crippen LogP contribution in [0.15, 0.2) is 224 Å². The zero-order valence-corrected chi connectivity index (χ0v) is 32.5. The van der Waals surface area contributed by atoms with E-state index in [4.69, 9.17) is 0 Å². The summed E-state index contributed by atoms with van der Waals surface area (Å²) < 4.78 is 2.58. The fraction of sp³-hybridized carbons (Fsp3) is 0. The number of anilines is 3. The average molecular weight is 756 g/mol. The SMILES string of the molecule is c1ccc(-c2cc(-c3ccc(N(c4ccc(-c5cc(-c6ccccc6)c6ccccc6c5)cc4)c4cccc5c4sc4ccccc45)cc3)cc3ccccc23)cc1. The molecule has 0 aliphatic rings. The highest BCUT2D eigenvalue weighted by Crippen LogP contribution is 2.46. The second-order valence-electron chi connectivity index (χ2n) is 14.9. The van der Waals surface area contributed by atoms with Gasteiger partial charge in [0.05, 0.1) is 10.4 Å². The maximum atomic E-state index is 2.43. The van der Waals surface area contributed by atoms with Crippen LogP contribution in [-0.4, -0.2) is 0 Å². The molecule has 1 aromatic heterocycles. The Morgan fingerprint density at radius 1 is 0.293 bits per heavy atom. The summed E-state index contributed by atoms with van der Waals surface area (Å²) in [6.07, 6.45) is 0. The summed E-state index contributed by atoms with van der Waals surface area (Å²) in [4.78, 5) is 2.43. The van der Waals surface area contributed by atoms with Gasteiger partial charge in [-0.3, -0.25) is 0 Å². The van der Waals surface area contributed by atoms with Gasteiger partial charge in [-0.2, -0.15) is 0 Å². The molecule has 11 rings (SSSR count). The number of benzene rings is 10. The second-order valence-corrected chi connectivity index (χ2v) is 16.0. The molecule has 0 fully saturated rings. The Morgan fingerprint density at radius 3 is 1.28 bits per heavy atom. The Hall–Kier alpha value is -7.26. The number of hydrogen-bond acceptors (Lipinski definition) is 2. The van der Waals surface area contributed by atoms with E-state index in [1.165, 1.54) is 91.9 Å². The second kappa shape index (κ2) is 14.4. The predicted octanol–water partition coefficient (Wildman–Crippen LogP) is 16.5. The van der Waals surface area contributed by atoms with Crippen LogP contribution in [-0.2, 0) is 0 Å². The van der Waals surface area contributed by atoms with E-state index in [-0.39, 0.29) is 0 Å². The van der Waals surface area contributed by atoms with Crippen LogP contribution in [0.1, 0.15) is 0 Å². The lowest BCUT2D eigenvalue weighted by molar-refractivity contribution is 1.30. The first-order valence-corrected chi connectivity index (χ1v) is 20.6. The van der Waals surface area contributed by atoms with Crippen molar-refractivity contribution in [3.05, 3.63) is 224 Å². The first-order valence-electron chi connectivity index (χ1n) is 19.8. The molecule has 0 saturated carbocycles. The van der Waals surface area contributed by atoms with E-state index in [1.54, 1.807) is 0 Å². The third-order valence-corrected chi connectivity index (χ3v) is 12.6. The highest BCUT2D eigenvalue weighted by molar-refractivity contribution is 7.26. The Bertz CT molecular complexity index is 3090. The molecule has 0 aliphatic carbocycles. The van der Waals surface area contributed by atoms with Crippen molar-refractivity contribution >= 4 is 70.1 Å². The molecule has 1 heterocycles. The molecule has 0 saturated heterocycles. The lowest BCUT2D eigenvalue weighted by atomic mass is 9.93. The van der Waals surface area contributed by atoms with E-state index < -0.39 is 0 Å². The molecule has 1 nitrogen and oxygen atoms in total. The van der Waals surface area contributed by atoms with Crippen molar-refractivity contribution in [1.29, 1.82) is 0 Å². The molecule has 10 aromatic carbocycles. The largest absolute Gasteiger partial charge is 0.309 e. The van der Waals surface area contributed by atoms with E-state index in [0.29, 0.717) is 0 Å². The predicted molar refractivity (Wildman–Crippen MR) is 251 cm³/mol. The molecule has 272 valence electrons. The van der Waals surface area contributed by atoms with Gasteiger partial charge in [0, 0.05) is 26.8 Å². The van der Waals surface area contributed by atoms with E-state index in [0.717, 1.165) is 11.4 Å². The smallest absolute Gasteiger partial charge is 0.0640 e. The number of nitrogens with zero attached hydrogens (tertiary/aromatic N) is 1. The van der Waals surface area contributed by atoms with Crippen LogP contribution in [0.5, 0.6) is 0 Å². The maximum absolute atomic E-state index is 2.43. The summed E-state index contributed by atoms with van der Waals surface area (Å²) in [5.74, 6) is 0. The van der Waals surface area contributed by atoms with Crippen LogP contribution in [0.25, 0.3) is 86.2 Å². The zero-order chi connectivity index (χ0) is 38.4. The van der Waals surface area contributed by atoms with E-state index in [9.17, 15) is 0 Å². The van der Waals surface area contributed by atoms with Crippen molar-refractivity contribution in [2.24, 2.45) is 0 Å². The van der Waals surface area contributed by atoms with Crippen LogP contribution >= 0.6 is 11.3 Å². The lowest BCUT2D eigenvalue weighted by Gasteiger charge is -2.26. The van der Waals surface area contributed by atoms with Gasteiger partial charge in [-0.05, 0) is 127 Å². The molecular weight excluding hydrogens is 719 g/mol. The van der Waals surface area contributed by atoms with Gasteiger partial charge in [-0.15, -0.1) is 11.3 Å². The van der Waals surface area contributed by atoms with Crippen LogP contribution in [0.2, 0.25) is 0 Å². The number of hydrogen-bond donors (Lipinski definition) is 0. The lowest BCUT2D eigenvalue weighted by Crippen LogP contribution is -2.10. The first-order chi connectivity index (χ1) is 28.7. The molecule has 0 amide bonds.